The van der Waals surface area contributed by atoms with Crippen molar-refractivity contribution < 1.29 is 13.9 Å². The van der Waals surface area contributed by atoms with E-state index in [9.17, 15) is 4.79 Å². The molecule has 1 aliphatic rings. The van der Waals surface area contributed by atoms with Crippen molar-refractivity contribution in [2.75, 3.05) is 13.7 Å². The first-order valence-electron chi connectivity index (χ1n) is 9.36. The molecule has 1 fully saturated rings. The van der Waals surface area contributed by atoms with Gasteiger partial charge in [-0.2, -0.15) is 0 Å². The van der Waals surface area contributed by atoms with Crippen LogP contribution in [0.2, 0.25) is 0 Å². The summed E-state index contributed by atoms with van der Waals surface area (Å²) in [5.74, 6) is 1.36. The van der Waals surface area contributed by atoms with Gasteiger partial charge >= 0.3 is 0 Å². The number of amides is 1. The van der Waals surface area contributed by atoms with Crippen molar-refractivity contribution in [2.45, 2.75) is 29.6 Å². The summed E-state index contributed by atoms with van der Waals surface area (Å²) in [5, 5.41) is 12.4. The van der Waals surface area contributed by atoms with E-state index in [4.69, 9.17) is 9.15 Å². The Labute approximate surface area is 180 Å². The van der Waals surface area contributed by atoms with Crippen LogP contribution >= 0.6 is 23.1 Å². The molecule has 1 aliphatic heterocycles. The smallest absolute Gasteiger partial charge is 0.283 e. The molecule has 3 aromatic heterocycles. The topological polar surface area (TPSA) is 94.2 Å². The summed E-state index contributed by atoms with van der Waals surface area (Å²) < 4.78 is 11.0. The largest absolute Gasteiger partial charge is 0.497 e. The first-order chi connectivity index (χ1) is 14.7. The monoisotopic (exact) mass is 439 g/mol. The second-order valence-corrected chi connectivity index (χ2v) is 8.52. The number of carbonyl (C=O) groups excluding carboxylic acids is 1. The lowest BCUT2D eigenvalue weighted by Gasteiger charge is -2.11. The number of ether oxygens (including phenoxy) is 1. The highest BCUT2D eigenvalue weighted by atomic mass is 32.2. The van der Waals surface area contributed by atoms with Crippen LogP contribution in [0.25, 0.3) is 21.3 Å². The van der Waals surface area contributed by atoms with E-state index in [1.165, 1.54) is 11.8 Å². The number of benzene rings is 1. The lowest BCUT2D eigenvalue weighted by Crippen LogP contribution is -2.23. The summed E-state index contributed by atoms with van der Waals surface area (Å²) >= 11 is 2.87. The minimum atomic E-state index is 0.127. The minimum absolute atomic E-state index is 0.127. The molecule has 5 rings (SSSR count). The molecule has 4 heterocycles. The van der Waals surface area contributed by atoms with Crippen molar-refractivity contribution >= 4 is 39.2 Å². The zero-order chi connectivity index (χ0) is 20.5. The Morgan fingerprint density at radius 1 is 1.23 bits per heavy atom. The van der Waals surface area contributed by atoms with Gasteiger partial charge in [0.25, 0.3) is 5.22 Å². The molecule has 0 radical (unpaired) electrons. The summed E-state index contributed by atoms with van der Waals surface area (Å²) in [6.07, 6.45) is 3.00. The van der Waals surface area contributed by atoms with E-state index in [1.807, 2.05) is 24.3 Å². The van der Waals surface area contributed by atoms with E-state index in [2.05, 4.69) is 25.5 Å². The molecule has 8 nitrogen and oxygen atoms in total. The number of methoxy groups -OCH3 is 1. The van der Waals surface area contributed by atoms with Gasteiger partial charge in [0.2, 0.25) is 11.8 Å². The van der Waals surface area contributed by atoms with Crippen molar-refractivity contribution in [2.24, 2.45) is 0 Å². The van der Waals surface area contributed by atoms with Gasteiger partial charge in [0.15, 0.2) is 0 Å². The Bertz CT molecular complexity index is 1200. The average Bonchev–Trinajstić information content (AvgIpc) is 3.50. The van der Waals surface area contributed by atoms with E-state index < -0.39 is 0 Å². The molecule has 0 aliphatic carbocycles. The third kappa shape index (κ3) is 3.63. The molecule has 152 valence electrons. The zero-order valence-corrected chi connectivity index (χ0v) is 17.7. The van der Waals surface area contributed by atoms with Crippen LogP contribution in [0.4, 0.5) is 0 Å². The van der Waals surface area contributed by atoms with E-state index in [0.29, 0.717) is 24.1 Å². The second-order valence-electron chi connectivity index (χ2n) is 6.72. The number of nitrogens with zero attached hydrogens (tertiary/aromatic N) is 5. The normalized spacial score (nSPS) is 14.0. The molecule has 4 aromatic rings. The van der Waals surface area contributed by atoms with Crippen LogP contribution in [0.1, 0.15) is 18.7 Å². The lowest BCUT2D eigenvalue weighted by atomic mass is 10.1. The van der Waals surface area contributed by atoms with Gasteiger partial charge in [-0.05, 0) is 35.9 Å². The van der Waals surface area contributed by atoms with Gasteiger partial charge in [0, 0.05) is 23.9 Å². The van der Waals surface area contributed by atoms with Crippen LogP contribution in [0.3, 0.4) is 0 Å². The molecule has 0 spiro atoms. The van der Waals surface area contributed by atoms with Crippen molar-refractivity contribution in [1.29, 1.82) is 0 Å². The fraction of sp³-hybridized carbons (Fsp3) is 0.250. The number of hydrogen-bond donors (Lipinski definition) is 0. The van der Waals surface area contributed by atoms with Crippen LogP contribution in [0.5, 0.6) is 5.75 Å². The molecule has 0 saturated carbocycles. The second kappa shape index (κ2) is 8.04. The summed E-state index contributed by atoms with van der Waals surface area (Å²) in [5.41, 5.74) is 2.10. The summed E-state index contributed by atoms with van der Waals surface area (Å²) in [6.45, 7) is 1.08. The number of carbonyl (C=O) groups is 1. The van der Waals surface area contributed by atoms with Gasteiger partial charge in [-0.25, -0.2) is 9.97 Å². The Morgan fingerprint density at radius 2 is 2.10 bits per heavy atom. The molecule has 0 atom stereocenters. The highest BCUT2D eigenvalue weighted by Gasteiger charge is 2.23. The number of likely N-dealkylation sites (tertiary alicyclic amines) is 1. The molecule has 1 saturated heterocycles. The van der Waals surface area contributed by atoms with E-state index >= 15 is 0 Å². The highest BCUT2D eigenvalue weighted by molar-refractivity contribution is 7.99. The van der Waals surface area contributed by atoms with Gasteiger partial charge in [-0.15, -0.1) is 21.5 Å². The minimum Gasteiger partial charge on any atom is -0.497 e. The fourth-order valence-electron chi connectivity index (χ4n) is 3.37. The average molecular weight is 440 g/mol. The number of fused-ring (bicyclic) bond motifs is 1. The van der Waals surface area contributed by atoms with Gasteiger partial charge in [0.05, 0.1) is 19.0 Å². The zero-order valence-electron chi connectivity index (χ0n) is 16.1. The third-order valence-electron chi connectivity index (χ3n) is 4.87. The molecule has 1 amide bonds. The maximum Gasteiger partial charge on any atom is 0.283 e. The van der Waals surface area contributed by atoms with E-state index in [1.54, 1.807) is 29.7 Å². The molecular weight excluding hydrogens is 422 g/mol. The van der Waals surface area contributed by atoms with Crippen molar-refractivity contribution in [3.63, 3.8) is 0 Å². The molecule has 0 unspecified atom stereocenters. The Kier molecular flexibility index (Phi) is 5.09. The Balaban J connectivity index is 1.43. The number of hydrogen-bond acceptors (Lipinski definition) is 9. The molecule has 0 bridgehead atoms. The quantitative estimate of drug-likeness (QED) is 0.416. The molecular formula is C20H17N5O3S2. The molecule has 1 aromatic carbocycles. The fourth-order valence-corrected chi connectivity index (χ4v) is 5.14. The Morgan fingerprint density at radius 3 is 2.87 bits per heavy atom. The van der Waals surface area contributed by atoms with Crippen molar-refractivity contribution in [3.05, 3.63) is 41.9 Å². The third-order valence-corrected chi connectivity index (χ3v) is 6.60. The number of rotatable bonds is 6. The first kappa shape index (κ1) is 19.0. The van der Waals surface area contributed by atoms with Crippen LogP contribution in [0.15, 0.2) is 50.6 Å². The predicted molar refractivity (Wildman–Crippen MR) is 112 cm³/mol. The maximum absolute atomic E-state index is 11.8. The summed E-state index contributed by atoms with van der Waals surface area (Å²) in [4.78, 5) is 23.3. The highest BCUT2D eigenvalue weighted by Crippen LogP contribution is 2.40. The first-order valence-corrected chi connectivity index (χ1v) is 11.1. The van der Waals surface area contributed by atoms with Gasteiger partial charge in [-0.1, -0.05) is 12.1 Å². The van der Waals surface area contributed by atoms with Crippen molar-refractivity contribution in [3.8, 4) is 16.9 Å². The standard InChI is InChI=1S/C20H17N5O3S2/c1-27-13-6-4-12(5-7-13)14-10-29-18-17(14)19(22-11-21-18)30-20-24-23-15(28-20)9-25-8-2-3-16(25)26/h4-7,10-11H,2-3,8-9H2,1H3. The van der Waals surface area contributed by atoms with Crippen LogP contribution < -0.4 is 4.74 Å². The SMILES string of the molecule is COc1ccc(-c2csc3ncnc(Sc4nnc(CN5CCCC5=O)o4)c23)cc1. The van der Waals surface area contributed by atoms with Gasteiger partial charge in [0.1, 0.15) is 21.9 Å². The summed E-state index contributed by atoms with van der Waals surface area (Å²) in [6, 6.07) is 7.89. The van der Waals surface area contributed by atoms with E-state index in [-0.39, 0.29) is 5.91 Å². The predicted octanol–water partition coefficient (Wildman–Crippen LogP) is 4.02. The summed E-state index contributed by atoms with van der Waals surface area (Å²) in [7, 11) is 1.65. The number of aromatic nitrogens is 4. The van der Waals surface area contributed by atoms with E-state index in [0.717, 1.165) is 45.1 Å². The molecule has 30 heavy (non-hydrogen) atoms. The van der Waals surface area contributed by atoms with Gasteiger partial charge in [-0.3, -0.25) is 4.79 Å². The van der Waals surface area contributed by atoms with Crippen LogP contribution in [-0.2, 0) is 11.3 Å². The lowest BCUT2D eigenvalue weighted by molar-refractivity contribution is -0.128. The molecule has 0 N–H and O–H groups in total. The maximum atomic E-state index is 11.8. The Hall–Kier alpha value is -2.98. The van der Waals surface area contributed by atoms with Crippen LogP contribution in [-0.4, -0.2) is 44.6 Å². The molecule has 10 heteroatoms. The van der Waals surface area contributed by atoms with Crippen LogP contribution in [0, 0.1) is 0 Å². The number of thiophene rings is 1. The van der Waals surface area contributed by atoms with Gasteiger partial charge < -0.3 is 14.1 Å². The van der Waals surface area contributed by atoms with Crippen molar-refractivity contribution in [1.82, 2.24) is 25.1 Å².